The first-order chi connectivity index (χ1) is 23.2. The lowest BCUT2D eigenvalue weighted by atomic mass is 9.80. The lowest BCUT2D eigenvalue weighted by Gasteiger charge is -2.37. The first kappa shape index (κ1) is 33.2. The normalized spacial score (nSPS) is 19.5. The van der Waals surface area contributed by atoms with Gasteiger partial charge in [0, 0.05) is 5.92 Å². The van der Waals surface area contributed by atoms with Crippen LogP contribution in [0.5, 0.6) is 11.5 Å². The number of hydrogen-bond donors (Lipinski definition) is 4. The van der Waals surface area contributed by atoms with Crippen LogP contribution in [0.1, 0.15) is 35.9 Å². The van der Waals surface area contributed by atoms with Crippen LogP contribution in [-0.2, 0) is 15.1 Å². The lowest BCUT2D eigenvalue weighted by molar-refractivity contribution is -0.118. The highest BCUT2D eigenvalue weighted by molar-refractivity contribution is 8.00. The molecule has 3 heterocycles. The van der Waals surface area contributed by atoms with Gasteiger partial charge < -0.3 is 24.4 Å². The second-order valence-corrected chi connectivity index (χ2v) is 13.0. The predicted molar refractivity (Wildman–Crippen MR) is 180 cm³/mol. The van der Waals surface area contributed by atoms with Gasteiger partial charge in [-0.05, 0) is 41.0 Å². The maximum Gasteiger partial charge on any atom is 0.282 e. The minimum atomic E-state index is -1.31. The Morgan fingerprint density at radius 2 is 1.52 bits per heavy atom. The second kappa shape index (κ2) is 13.8. The van der Waals surface area contributed by atoms with Crippen molar-refractivity contribution in [2.24, 2.45) is 5.92 Å². The van der Waals surface area contributed by atoms with Crippen molar-refractivity contribution in [2.75, 3.05) is 26.1 Å². The van der Waals surface area contributed by atoms with Gasteiger partial charge in [0.15, 0.2) is 11.2 Å². The zero-order valence-corrected chi connectivity index (χ0v) is 27.5. The van der Waals surface area contributed by atoms with Crippen molar-refractivity contribution in [3.05, 3.63) is 106 Å². The highest BCUT2D eigenvalue weighted by Gasteiger charge is 2.47. The molecule has 1 amide bonds. The van der Waals surface area contributed by atoms with Crippen LogP contribution in [0.3, 0.4) is 0 Å². The number of ether oxygens (including phenoxy) is 3. The lowest BCUT2D eigenvalue weighted by Crippen LogP contribution is -2.39. The van der Waals surface area contributed by atoms with Crippen LogP contribution in [-0.4, -0.2) is 79.4 Å². The average Bonchev–Trinajstić information content (AvgIpc) is 3.66. The highest BCUT2D eigenvalue weighted by Crippen LogP contribution is 2.46. The van der Waals surface area contributed by atoms with Crippen LogP contribution in [0.15, 0.2) is 83.7 Å². The molecule has 48 heavy (non-hydrogen) atoms. The fraction of sp³-hybridized carbons (Fsp3) is 0.324. The minimum Gasteiger partial charge on any atom is -0.497 e. The number of carbonyl (C=O) groups excluding carboxylic acids is 1. The summed E-state index contributed by atoms with van der Waals surface area (Å²) in [7, 11) is 3.21. The second-order valence-electron chi connectivity index (χ2n) is 11.6. The number of anilines is 1. The Bertz CT molecular complexity index is 1880. The summed E-state index contributed by atoms with van der Waals surface area (Å²) in [6.45, 7) is 3.42. The highest BCUT2D eigenvalue weighted by atomic mass is 32.2. The summed E-state index contributed by atoms with van der Waals surface area (Å²) in [6.07, 6.45) is -2.54. The number of carbonyl (C=O) groups is 1. The molecule has 3 aromatic carbocycles. The van der Waals surface area contributed by atoms with Crippen LogP contribution < -0.4 is 20.3 Å². The number of aliphatic hydroxyl groups is 2. The van der Waals surface area contributed by atoms with E-state index in [1.54, 1.807) is 28.1 Å². The number of aliphatic hydroxyl groups excluding tert-OH is 2. The number of aromatic nitrogens is 5. The number of nitrogens with zero attached hydrogens (tertiary/aromatic N) is 4. The van der Waals surface area contributed by atoms with E-state index in [-0.39, 0.29) is 35.5 Å². The molecule has 0 spiro atoms. The SMILES string of the molecule is COc1ccc(C(OC[C@H]2S[C@@H](n3nnc4c(=O)[nH]c(NC(=O)C(C)C)nc43)[C@H](O)[C@@H]2O)(c2ccccc2)c2ccc(OC)cc2)cc1. The number of fused-ring (bicyclic) bond motifs is 1. The van der Waals surface area contributed by atoms with Gasteiger partial charge in [-0.15, -0.1) is 16.9 Å². The summed E-state index contributed by atoms with van der Waals surface area (Å²) in [4.78, 5) is 31.9. The molecule has 0 unspecified atom stereocenters. The molecule has 1 fully saturated rings. The molecular weight excluding hydrogens is 636 g/mol. The van der Waals surface area contributed by atoms with E-state index in [9.17, 15) is 19.8 Å². The first-order valence-electron chi connectivity index (χ1n) is 15.3. The van der Waals surface area contributed by atoms with Crippen LogP contribution in [0.2, 0.25) is 0 Å². The quantitative estimate of drug-likeness (QED) is 0.151. The fourth-order valence-corrected chi connectivity index (χ4v) is 7.09. The number of hydrogen-bond acceptors (Lipinski definition) is 11. The zero-order valence-electron chi connectivity index (χ0n) is 26.7. The Morgan fingerprint density at radius 1 is 0.938 bits per heavy atom. The Hall–Kier alpha value is -4.76. The van der Waals surface area contributed by atoms with E-state index in [0.29, 0.717) is 11.5 Å². The molecule has 6 rings (SSSR count). The van der Waals surface area contributed by atoms with Gasteiger partial charge in [0.05, 0.1) is 32.2 Å². The summed E-state index contributed by atoms with van der Waals surface area (Å²) in [5.74, 6) is 0.607. The smallest absolute Gasteiger partial charge is 0.282 e. The number of benzene rings is 3. The van der Waals surface area contributed by atoms with Crippen LogP contribution in [0, 0.1) is 5.92 Å². The molecule has 13 nitrogen and oxygen atoms in total. The van der Waals surface area contributed by atoms with Crippen molar-refractivity contribution in [1.82, 2.24) is 25.0 Å². The molecule has 0 aliphatic carbocycles. The van der Waals surface area contributed by atoms with E-state index < -0.39 is 34.0 Å². The molecular formula is C34H36N6O7S. The standard InChI is InChI=1S/C34H36N6O7S/c1-19(2)30(43)36-33-35-29-26(31(44)37-33)38-39-40(29)32-28(42)27(41)25(48-32)18-47-34(20-8-6-5-7-9-20,21-10-14-23(45-3)15-11-21)22-12-16-24(46-4)17-13-22/h5-17,19,25,27-28,32,41-42H,18H2,1-4H3,(H2,35,36,37,43,44)/t25-,27-,28-,32-/m1/s1. The number of amides is 1. The molecule has 1 aliphatic heterocycles. The van der Waals surface area contributed by atoms with Crippen molar-refractivity contribution in [3.8, 4) is 11.5 Å². The summed E-state index contributed by atoms with van der Waals surface area (Å²) in [5.41, 5.74) is 0.722. The maximum absolute atomic E-state index is 12.8. The maximum atomic E-state index is 12.8. The van der Waals surface area contributed by atoms with Gasteiger partial charge >= 0.3 is 0 Å². The fourth-order valence-electron chi connectivity index (χ4n) is 5.68. The van der Waals surface area contributed by atoms with Crippen molar-refractivity contribution < 1.29 is 29.2 Å². The third-order valence-corrected chi connectivity index (χ3v) is 9.84. The van der Waals surface area contributed by atoms with E-state index in [2.05, 4.69) is 25.6 Å². The van der Waals surface area contributed by atoms with E-state index in [0.717, 1.165) is 16.7 Å². The van der Waals surface area contributed by atoms with Gasteiger partial charge in [-0.3, -0.25) is 19.9 Å². The van der Waals surface area contributed by atoms with Crippen molar-refractivity contribution in [2.45, 2.75) is 42.3 Å². The number of rotatable bonds is 11. The molecule has 0 bridgehead atoms. The topological polar surface area (TPSA) is 174 Å². The number of aromatic amines is 1. The largest absolute Gasteiger partial charge is 0.497 e. The summed E-state index contributed by atoms with van der Waals surface area (Å²) in [5, 5.41) is 31.8. The van der Waals surface area contributed by atoms with Gasteiger partial charge in [-0.25, -0.2) is 4.68 Å². The number of nitrogens with one attached hydrogen (secondary N) is 2. The molecule has 1 saturated heterocycles. The molecule has 1 aliphatic rings. The number of H-pyrrole nitrogens is 1. The Balaban J connectivity index is 1.36. The molecule has 5 aromatic rings. The molecule has 4 atom stereocenters. The third kappa shape index (κ3) is 6.15. The third-order valence-electron chi connectivity index (χ3n) is 8.32. The Morgan fingerprint density at radius 3 is 2.08 bits per heavy atom. The minimum absolute atomic E-state index is 0.00266. The van der Waals surface area contributed by atoms with Crippen LogP contribution in [0.4, 0.5) is 5.95 Å². The average molecular weight is 673 g/mol. The number of thioether (sulfide) groups is 1. The van der Waals surface area contributed by atoms with E-state index in [1.165, 1.54) is 16.4 Å². The molecule has 0 radical (unpaired) electrons. The molecule has 250 valence electrons. The molecule has 0 saturated carbocycles. The van der Waals surface area contributed by atoms with E-state index in [4.69, 9.17) is 14.2 Å². The van der Waals surface area contributed by atoms with Crippen molar-refractivity contribution in [1.29, 1.82) is 0 Å². The van der Waals surface area contributed by atoms with Crippen LogP contribution in [0.25, 0.3) is 11.2 Å². The predicted octanol–water partition coefficient (Wildman–Crippen LogP) is 3.47. The summed E-state index contributed by atoms with van der Waals surface area (Å²) >= 11 is 1.22. The van der Waals surface area contributed by atoms with Crippen molar-refractivity contribution >= 4 is 34.8 Å². The summed E-state index contributed by atoms with van der Waals surface area (Å²) in [6, 6.07) is 24.9. The van der Waals surface area contributed by atoms with Gasteiger partial charge in [0.1, 0.15) is 28.6 Å². The molecule has 4 N–H and O–H groups in total. The molecule has 2 aromatic heterocycles. The van der Waals surface area contributed by atoms with Gasteiger partial charge in [0.25, 0.3) is 5.56 Å². The van der Waals surface area contributed by atoms with E-state index >= 15 is 0 Å². The Labute approximate surface area is 280 Å². The molecule has 14 heteroatoms. The zero-order chi connectivity index (χ0) is 34.0. The monoisotopic (exact) mass is 672 g/mol. The Kier molecular flexibility index (Phi) is 9.51. The number of methoxy groups -OCH3 is 2. The van der Waals surface area contributed by atoms with Crippen molar-refractivity contribution in [3.63, 3.8) is 0 Å². The summed E-state index contributed by atoms with van der Waals surface area (Å²) < 4.78 is 19.1. The van der Waals surface area contributed by atoms with Gasteiger partial charge in [-0.2, -0.15) is 4.98 Å². The van der Waals surface area contributed by atoms with Gasteiger partial charge in [0.2, 0.25) is 11.9 Å². The van der Waals surface area contributed by atoms with E-state index in [1.807, 2.05) is 78.9 Å². The first-order valence-corrected chi connectivity index (χ1v) is 16.3. The van der Waals surface area contributed by atoms with Crippen LogP contribution >= 0.6 is 11.8 Å². The van der Waals surface area contributed by atoms with Gasteiger partial charge in [-0.1, -0.05) is 73.7 Å².